The number of carbonyl (C=O) groups is 1. The second-order valence-corrected chi connectivity index (χ2v) is 6.60. The summed E-state index contributed by atoms with van der Waals surface area (Å²) in [6, 6.07) is 12.3. The molecule has 132 valence electrons. The van der Waals surface area contributed by atoms with Crippen LogP contribution >= 0.6 is 0 Å². The van der Waals surface area contributed by atoms with Crippen LogP contribution in [0.5, 0.6) is 0 Å². The Morgan fingerprint density at radius 1 is 1.32 bits per heavy atom. The van der Waals surface area contributed by atoms with Gasteiger partial charge in [0.05, 0.1) is 19.3 Å². The van der Waals surface area contributed by atoms with E-state index >= 15 is 0 Å². The molecule has 2 aromatic rings. The fourth-order valence-corrected chi connectivity index (χ4v) is 3.11. The number of nitrogens with one attached hydrogen (secondary N) is 1. The van der Waals surface area contributed by atoms with Gasteiger partial charge < -0.3 is 10.1 Å². The van der Waals surface area contributed by atoms with Crippen molar-refractivity contribution in [3.63, 3.8) is 0 Å². The zero-order valence-electron chi connectivity index (χ0n) is 14.8. The fraction of sp³-hybridized carbons (Fsp3) is 0.400. The van der Waals surface area contributed by atoms with Crippen LogP contribution < -0.4 is 5.32 Å². The number of pyridine rings is 1. The van der Waals surface area contributed by atoms with E-state index in [2.05, 4.69) is 41.2 Å². The van der Waals surface area contributed by atoms with Gasteiger partial charge in [-0.3, -0.25) is 14.7 Å². The largest absolute Gasteiger partial charge is 0.371 e. The molecule has 1 amide bonds. The molecule has 25 heavy (non-hydrogen) atoms. The zero-order valence-corrected chi connectivity index (χ0v) is 14.8. The second-order valence-electron chi connectivity index (χ2n) is 6.60. The third-order valence-electron chi connectivity index (χ3n) is 4.66. The van der Waals surface area contributed by atoms with Crippen LogP contribution in [0.4, 0.5) is 0 Å². The van der Waals surface area contributed by atoms with Crippen LogP contribution in [0.2, 0.25) is 0 Å². The molecule has 5 heteroatoms. The Kier molecular flexibility index (Phi) is 5.79. The van der Waals surface area contributed by atoms with E-state index in [0.717, 1.165) is 12.1 Å². The molecule has 0 spiro atoms. The van der Waals surface area contributed by atoms with E-state index in [4.69, 9.17) is 4.74 Å². The Labute approximate surface area is 149 Å². The summed E-state index contributed by atoms with van der Waals surface area (Å²) in [4.78, 5) is 18.6. The van der Waals surface area contributed by atoms with Crippen LogP contribution in [0.25, 0.3) is 0 Å². The molecule has 0 unspecified atom stereocenters. The van der Waals surface area contributed by atoms with E-state index < -0.39 is 0 Å². The van der Waals surface area contributed by atoms with Crippen molar-refractivity contribution in [1.82, 2.24) is 15.2 Å². The van der Waals surface area contributed by atoms with Crippen LogP contribution in [0.3, 0.4) is 0 Å². The average molecular weight is 339 g/mol. The first-order chi connectivity index (χ1) is 12.1. The van der Waals surface area contributed by atoms with Gasteiger partial charge in [-0.05, 0) is 36.6 Å². The molecule has 0 saturated carbocycles. The lowest BCUT2D eigenvalue weighted by molar-refractivity contribution is -0.126. The molecule has 2 atom stereocenters. The molecule has 5 nitrogen and oxygen atoms in total. The molecule has 3 rings (SSSR count). The van der Waals surface area contributed by atoms with E-state index in [-0.39, 0.29) is 18.1 Å². The zero-order chi connectivity index (χ0) is 17.6. The first-order valence-electron chi connectivity index (χ1n) is 8.70. The predicted molar refractivity (Wildman–Crippen MR) is 97.0 cm³/mol. The maximum absolute atomic E-state index is 12.3. The molecule has 1 saturated heterocycles. The number of hydrogen-bond donors (Lipinski definition) is 1. The lowest BCUT2D eigenvalue weighted by Crippen LogP contribution is -2.49. The van der Waals surface area contributed by atoms with Crippen molar-refractivity contribution in [3.05, 3.63) is 65.5 Å². The van der Waals surface area contributed by atoms with Gasteiger partial charge in [0.1, 0.15) is 0 Å². The van der Waals surface area contributed by atoms with Gasteiger partial charge in [0.15, 0.2) is 0 Å². The number of benzene rings is 1. The van der Waals surface area contributed by atoms with Crippen molar-refractivity contribution in [1.29, 1.82) is 0 Å². The van der Waals surface area contributed by atoms with Crippen molar-refractivity contribution in [2.24, 2.45) is 0 Å². The average Bonchev–Trinajstić information content (AvgIpc) is 2.63. The molecule has 1 aromatic carbocycles. The van der Waals surface area contributed by atoms with Crippen LogP contribution in [-0.4, -0.2) is 41.5 Å². The summed E-state index contributed by atoms with van der Waals surface area (Å²) in [5.74, 6) is 0.0288. The number of aryl methyl sites for hydroxylation is 1. The summed E-state index contributed by atoms with van der Waals surface area (Å²) in [7, 11) is 0. The highest BCUT2D eigenvalue weighted by atomic mass is 16.5. The Morgan fingerprint density at radius 2 is 2.16 bits per heavy atom. The van der Waals surface area contributed by atoms with Crippen molar-refractivity contribution >= 4 is 5.91 Å². The molecule has 0 radical (unpaired) electrons. The summed E-state index contributed by atoms with van der Waals surface area (Å²) >= 11 is 0. The minimum absolute atomic E-state index is 0.0172. The number of hydrogen-bond acceptors (Lipinski definition) is 4. The molecule has 1 aliphatic rings. The van der Waals surface area contributed by atoms with Crippen molar-refractivity contribution < 1.29 is 9.53 Å². The number of rotatable bonds is 5. The van der Waals surface area contributed by atoms with Gasteiger partial charge in [0, 0.05) is 31.5 Å². The van der Waals surface area contributed by atoms with E-state index in [1.54, 1.807) is 12.4 Å². The number of morpholine rings is 1. The number of nitrogens with zero attached hydrogens (tertiary/aromatic N) is 2. The number of amides is 1. The smallest absolute Gasteiger partial charge is 0.234 e. The number of carbonyl (C=O) groups excluding carboxylic acids is 1. The third kappa shape index (κ3) is 4.65. The molecule has 0 bridgehead atoms. The van der Waals surface area contributed by atoms with E-state index in [9.17, 15) is 4.79 Å². The van der Waals surface area contributed by atoms with Crippen molar-refractivity contribution in [2.45, 2.75) is 32.5 Å². The lowest BCUT2D eigenvalue weighted by Gasteiger charge is -2.38. The maximum Gasteiger partial charge on any atom is 0.234 e. The second kappa shape index (κ2) is 8.23. The highest BCUT2D eigenvalue weighted by molar-refractivity contribution is 5.78. The maximum atomic E-state index is 12.3. The van der Waals surface area contributed by atoms with E-state index in [1.807, 2.05) is 24.3 Å². The first kappa shape index (κ1) is 17.6. The minimum Gasteiger partial charge on any atom is -0.371 e. The Balaban J connectivity index is 1.57. The van der Waals surface area contributed by atoms with Crippen molar-refractivity contribution in [2.75, 3.05) is 19.7 Å². The van der Waals surface area contributed by atoms with Gasteiger partial charge in [0.25, 0.3) is 0 Å². The lowest BCUT2D eigenvalue weighted by atomic mass is 10.0. The summed E-state index contributed by atoms with van der Waals surface area (Å²) < 4.78 is 6.02. The van der Waals surface area contributed by atoms with Gasteiger partial charge in [-0.2, -0.15) is 0 Å². The predicted octanol–water partition coefficient (Wildman–Crippen LogP) is 2.47. The summed E-state index contributed by atoms with van der Waals surface area (Å²) in [6.45, 7) is 6.45. The summed E-state index contributed by atoms with van der Waals surface area (Å²) in [5.41, 5.74) is 3.43. The summed E-state index contributed by atoms with van der Waals surface area (Å²) in [6.07, 6.45) is 3.52. The van der Waals surface area contributed by atoms with E-state index in [0.29, 0.717) is 19.7 Å². The molecule has 1 aromatic heterocycles. The van der Waals surface area contributed by atoms with Gasteiger partial charge in [0.2, 0.25) is 5.91 Å². The molecular weight excluding hydrogens is 314 g/mol. The van der Waals surface area contributed by atoms with Crippen LogP contribution in [0, 0.1) is 6.92 Å². The van der Waals surface area contributed by atoms with Gasteiger partial charge in [-0.25, -0.2) is 0 Å². The van der Waals surface area contributed by atoms with Gasteiger partial charge in [-0.1, -0.05) is 30.3 Å². The van der Waals surface area contributed by atoms with Crippen LogP contribution in [0.15, 0.2) is 48.8 Å². The third-order valence-corrected chi connectivity index (χ3v) is 4.66. The first-order valence-corrected chi connectivity index (χ1v) is 8.70. The quantitative estimate of drug-likeness (QED) is 0.909. The fourth-order valence-electron chi connectivity index (χ4n) is 3.11. The minimum atomic E-state index is 0.0172. The van der Waals surface area contributed by atoms with Crippen LogP contribution in [0.1, 0.15) is 29.7 Å². The Hall–Kier alpha value is -2.24. The molecular formula is C20H25N3O2. The molecule has 1 N–H and O–H groups in total. The standard InChI is InChI=1S/C20H25N3O2/c1-15-6-3-4-8-18(15)19-12-23(16(2)14-25-19)13-20(24)22-11-17-7-5-9-21-10-17/h3-10,16,19H,11-14H2,1-2H3,(H,22,24)/t16-,19+/m1/s1. The normalized spacial score (nSPS) is 21.0. The Morgan fingerprint density at radius 3 is 2.92 bits per heavy atom. The van der Waals surface area contributed by atoms with Crippen LogP contribution in [-0.2, 0) is 16.1 Å². The Bertz CT molecular complexity index is 705. The molecule has 1 fully saturated rings. The number of aromatic nitrogens is 1. The number of ether oxygens (including phenoxy) is 1. The molecule has 0 aliphatic carbocycles. The molecule has 2 heterocycles. The summed E-state index contributed by atoms with van der Waals surface area (Å²) in [5, 5.41) is 2.97. The highest BCUT2D eigenvalue weighted by Crippen LogP contribution is 2.26. The van der Waals surface area contributed by atoms with Gasteiger partial charge in [-0.15, -0.1) is 0 Å². The monoisotopic (exact) mass is 339 g/mol. The topological polar surface area (TPSA) is 54.5 Å². The van der Waals surface area contributed by atoms with Gasteiger partial charge >= 0.3 is 0 Å². The van der Waals surface area contributed by atoms with E-state index in [1.165, 1.54) is 11.1 Å². The highest BCUT2D eigenvalue weighted by Gasteiger charge is 2.29. The SMILES string of the molecule is Cc1ccccc1[C@@H]1CN(CC(=O)NCc2cccnc2)[C@H](C)CO1. The molecule has 1 aliphatic heterocycles. The van der Waals surface area contributed by atoms with Crippen molar-refractivity contribution in [3.8, 4) is 0 Å².